The SMILES string of the molecule is O=S(=O)(Cc1ccccc1)NCCOc1cccc2ccccc12. The highest BCUT2D eigenvalue weighted by molar-refractivity contribution is 7.88. The second-order valence-corrected chi connectivity index (χ2v) is 7.27. The fourth-order valence-corrected chi connectivity index (χ4v) is 3.65. The fourth-order valence-electron chi connectivity index (χ4n) is 2.52. The van der Waals surface area contributed by atoms with Crippen molar-refractivity contribution in [2.24, 2.45) is 0 Å². The van der Waals surface area contributed by atoms with E-state index in [0.29, 0.717) is 0 Å². The van der Waals surface area contributed by atoms with E-state index in [9.17, 15) is 8.42 Å². The minimum Gasteiger partial charge on any atom is -0.492 e. The lowest BCUT2D eigenvalue weighted by molar-refractivity contribution is 0.326. The van der Waals surface area contributed by atoms with Gasteiger partial charge in [0.05, 0.1) is 5.75 Å². The number of rotatable bonds is 7. The molecule has 0 saturated carbocycles. The second-order valence-electron chi connectivity index (χ2n) is 5.46. The molecule has 3 aromatic carbocycles. The fraction of sp³-hybridized carbons (Fsp3) is 0.158. The maximum Gasteiger partial charge on any atom is 0.215 e. The first-order valence-electron chi connectivity index (χ1n) is 7.76. The number of hydrogen-bond donors (Lipinski definition) is 1. The third-order valence-corrected chi connectivity index (χ3v) is 4.99. The minimum absolute atomic E-state index is 0.0257. The molecule has 0 saturated heterocycles. The Kier molecular flexibility index (Phi) is 5.13. The van der Waals surface area contributed by atoms with Crippen LogP contribution in [0.3, 0.4) is 0 Å². The van der Waals surface area contributed by atoms with E-state index in [1.54, 1.807) is 12.1 Å². The topological polar surface area (TPSA) is 55.4 Å². The smallest absolute Gasteiger partial charge is 0.215 e. The van der Waals surface area contributed by atoms with Gasteiger partial charge in [-0.1, -0.05) is 66.7 Å². The van der Waals surface area contributed by atoms with Crippen molar-refractivity contribution in [3.8, 4) is 5.75 Å². The van der Waals surface area contributed by atoms with Crippen LogP contribution in [-0.2, 0) is 15.8 Å². The average molecular weight is 341 g/mol. The van der Waals surface area contributed by atoms with Crippen molar-refractivity contribution in [3.05, 3.63) is 78.4 Å². The zero-order valence-electron chi connectivity index (χ0n) is 13.2. The molecule has 0 bridgehead atoms. The van der Waals surface area contributed by atoms with E-state index in [-0.39, 0.29) is 18.9 Å². The standard InChI is InChI=1S/C19H19NO3S/c21-24(22,15-16-7-2-1-3-8-16)20-13-14-23-19-12-6-10-17-9-4-5-11-18(17)19/h1-12,20H,13-15H2. The zero-order valence-corrected chi connectivity index (χ0v) is 14.0. The van der Waals surface area contributed by atoms with Crippen LogP contribution in [0.5, 0.6) is 5.75 Å². The van der Waals surface area contributed by atoms with Crippen LogP contribution >= 0.6 is 0 Å². The van der Waals surface area contributed by atoms with Crippen LogP contribution in [0.25, 0.3) is 10.8 Å². The van der Waals surface area contributed by atoms with Gasteiger partial charge in [0.2, 0.25) is 10.0 Å². The number of fused-ring (bicyclic) bond motifs is 1. The van der Waals surface area contributed by atoms with E-state index in [0.717, 1.165) is 22.1 Å². The van der Waals surface area contributed by atoms with Crippen molar-refractivity contribution in [2.45, 2.75) is 5.75 Å². The van der Waals surface area contributed by atoms with Crippen molar-refractivity contribution in [2.75, 3.05) is 13.2 Å². The van der Waals surface area contributed by atoms with Crippen LogP contribution in [0.2, 0.25) is 0 Å². The van der Waals surface area contributed by atoms with Gasteiger partial charge in [-0.15, -0.1) is 0 Å². The molecule has 0 unspecified atom stereocenters. The molecule has 0 heterocycles. The summed E-state index contributed by atoms with van der Waals surface area (Å²) in [4.78, 5) is 0. The summed E-state index contributed by atoms with van der Waals surface area (Å²) < 4.78 is 32.4. The molecule has 0 spiro atoms. The first-order chi connectivity index (χ1) is 11.6. The molecule has 0 aromatic heterocycles. The van der Waals surface area contributed by atoms with Gasteiger partial charge in [-0.2, -0.15) is 0 Å². The molecule has 3 rings (SSSR count). The van der Waals surface area contributed by atoms with Crippen molar-refractivity contribution >= 4 is 20.8 Å². The number of hydrogen-bond acceptors (Lipinski definition) is 3. The molecular formula is C19H19NO3S. The summed E-state index contributed by atoms with van der Waals surface area (Å²) in [5, 5.41) is 2.12. The summed E-state index contributed by atoms with van der Waals surface area (Å²) in [6.45, 7) is 0.514. The van der Waals surface area contributed by atoms with Gasteiger partial charge < -0.3 is 4.74 Å². The van der Waals surface area contributed by atoms with E-state index in [4.69, 9.17) is 4.74 Å². The molecule has 0 radical (unpaired) electrons. The molecule has 0 amide bonds. The van der Waals surface area contributed by atoms with Gasteiger partial charge in [-0.05, 0) is 17.0 Å². The first-order valence-corrected chi connectivity index (χ1v) is 9.41. The van der Waals surface area contributed by atoms with E-state index < -0.39 is 10.0 Å². The lowest BCUT2D eigenvalue weighted by Gasteiger charge is -2.10. The van der Waals surface area contributed by atoms with E-state index in [1.165, 1.54) is 0 Å². The molecule has 4 nitrogen and oxygen atoms in total. The number of sulfonamides is 1. The van der Waals surface area contributed by atoms with Crippen LogP contribution in [-0.4, -0.2) is 21.6 Å². The monoisotopic (exact) mass is 341 g/mol. The second kappa shape index (κ2) is 7.47. The Labute approximate surface area is 142 Å². The van der Waals surface area contributed by atoms with Gasteiger partial charge in [-0.25, -0.2) is 13.1 Å². The molecule has 1 N–H and O–H groups in total. The minimum atomic E-state index is -3.36. The van der Waals surface area contributed by atoms with Crippen LogP contribution < -0.4 is 9.46 Å². The normalized spacial score (nSPS) is 11.5. The first kappa shape index (κ1) is 16.5. The van der Waals surface area contributed by atoms with Gasteiger partial charge in [-0.3, -0.25) is 0 Å². The van der Waals surface area contributed by atoms with Gasteiger partial charge in [0.15, 0.2) is 0 Å². The lowest BCUT2D eigenvalue weighted by atomic mass is 10.1. The Morgan fingerprint density at radius 3 is 2.38 bits per heavy atom. The van der Waals surface area contributed by atoms with Crippen LogP contribution in [0.4, 0.5) is 0 Å². The number of nitrogens with one attached hydrogen (secondary N) is 1. The highest BCUT2D eigenvalue weighted by Crippen LogP contribution is 2.24. The van der Waals surface area contributed by atoms with Crippen molar-refractivity contribution in [1.82, 2.24) is 4.72 Å². The molecule has 0 aliphatic rings. The van der Waals surface area contributed by atoms with Crippen LogP contribution in [0.15, 0.2) is 72.8 Å². The van der Waals surface area contributed by atoms with Crippen molar-refractivity contribution in [1.29, 1.82) is 0 Å². The molecule has 0 aliphatic heterocycles. The van der Waals surface area contributed by atoms with Gasteiger partial charge in [0.1, 0.15) is 12.4 Å². The van der Waals surface area contributed by atoms with E-state index in [2.05, 4.69) is 4.72 Å². The summed E-state index contributed by atoms with van der Waals surface area (Å²) >= 11 is 0. The molecular weight excluding hydrogens is 322 g/mol. The molecule has 0 atom stereocenters. The molecule has 124 valence electrons. The molecule has 3 aromatic rings. The number of benzene rings is 3. The van der Waals surface area contributed by atoms with Crippen molar-refractivity contribution < 1.29 is 13.2 Å². The van der Waals surface area contributed by atoms with Gasteiger partial charge in [0, 0.05) is 11.9 Å². The molecule has 0 aliphatic carbocycles. The summed E-state index contributed by atoms with van der Waals surface area (Å²) in [6, 6.07) is 22.9. The highest BCUT2D eigenvalue weighted by Gasteiger charge is 2.10. The van der Waals surface area contributed by atoms with Crippen LogP contribution in [0.1, 0.15) is 5.56 Å². The highest BCUT2D eigenvalue weighted by atomic mass is 32.2. The maximum atomic E-state index is 12.1. The third kappa shape index (κ3) is 4.34. The van der Waals surface area contributed by atoms with Gasteiger partial charge >= 0.3 is 0 Å². The summed E-state index contributed by atoms with van der Waals surface area (Å²) in [5.74, 6) is 0.734. The molecule has 0 fully saturated rings. The Morgan fingerprint density at radius 1 is 0.833 bits per heavy atom. The largest absolute Gasteiger partial charge is 0.492 e. The predicted octanol–water partition coefficient (Wildman–Crippen LogP) is 3.34. The zero-order chi connectivity index (χ0) is 16.8. The summed E-state index contributed by atoms with van der Waals surface area (Å²) in [6.07, 6.45) is 0. The Bertz CT molecular complexity index is 903. The Morgan fingerprint density at radius 2 is 1.54 bits per heavy atom. The Hall–Kier alpha value is -2.37. The quantitative estimate of drug-likeness (QED) is 0.671. The molecule has 24 heavy (non-hydrogen) atoms. The average Bonchev–Trinajstić information content (AvgIpc) is 2.59. The van der Waals surface area contributed by atoms with Crippen molar-refractivity contribution in [3.63, 3.8) is 0 Å². The van der Waals surface area contributed by atoms with E-state index in [1.807, 2.05) is 60.7 Å². The lowest BCUT2D eigenvalue weighted by Crippen LogP contribution is -2.29. The number of ether oxygens (including phenoxy) is 1. The third-order valence-electron chi connectivity index (χ3n) is 3.63. The summed E-state index contributed by atoms with van der Waals surface area (Å²) in [5.41, 5.74) is 0.764. The maximum absolute atomic E-state index is 12.1. The Balaban J connectivity index is 1.55. The predicted molar refractivity (Wildman–Crippen MR) is 96.5 cm³/mol. The molecule has 5 heteroatoms. The summed E-state index contributed by atoms with van der Waals surface area (Å²) in [7, 11) is -3.36. The van der Waals surface area contributed by atoms with Crippen LogP contribution in [0, 0.1) is 0 Å². The van der Waals surface area contributed by atoms with E-state index >= 15 is 0 Å². The van der Waals surface area contributed by atoms with Gasteiger partial charge in [0.25, 0.3) is 0 Å².